The maximum Gasteiger partial charge on any atom is 0.336 e. The monoisotopic (exact) mass is 632 g/mol. The molecule has 236 valence electrons. The number of hydrogen-bond donors (Lipinski definition) is 0. The van der Waals surface area contributed by atoms with Gasteiger partial charge in [-0.1, -0.05) is 33.7 Å². The number of aromatic nitrogens is 8. The first kappa shape index (κ1) is 29.5. The van der Waals surface area contributed by atoms with Gasteiger partial charge in [0.15, 0.2) is 0 Å². The summed E-state index contributed by atoms with van der Waals surface area (Å²) in [7, 11) is 0. The average Bonchev–Trinajstić information content (AvgIpc) is 3.67. The Bertz CT molecular complexity index is 2570. The molecule has 2 aromatic carbocycles. The molecule has 14 nitrogen and oxygen atoms in total. The van der Waals surface area contributed by atoms with Crippen LogP contribution in [0.5, 0.6) is 0 Å². The molecule has 0 saturated carbocycles. The van der Waals surface area contributed by atoms with E-state index in [1.807, 2.05) is 38.1 Å². The molecule has 7 aromatic rings. The fourth-order valence-corrected chi connectivity index (χ4v) is 5.66. The predicted molar refractivity (Wildman–Crippen MR) is 171 cm³/mol. The first-order valence-corrected chi connectivity index (χ1v) is 14.8. The minimum atomic E-state index is -0.539. The van der Waals surface area contributed by atoms with Gasteiger partial charge in [-0.25, -0.2) is 23.7 Å². The van der Waals surface area contributed by atoms with Crippen molar-refractivity contribution in [2.45, 2.75) is 47.0 Å². The van der Waals surface area contributed by atoms with Crippen molar-refractivity contribution in [1.29, 1.82) is 0 Å². The van der Waals surface area contributed by atoms with Gasteiger partial charge in [0, 0.05) is 34.7 Å². The topological polar surface area (TPSA) is 166 Å². The second-order valence-corrected chi connectivity index (χ2v) is 11.6. The summed E-state index contributed by atoms with van der Waals surface area (Å²) in [6.45, 7) is 6.05. The van der Waals surface area contributed by atoms with Crippen LogP contribution in [0, 0.1) is 20.8 Å². The molecule has 7 rings (SSSR count). The van der Waals surface area contributed by atoms with Crippen LogP contribution in [0.1, 0.15) is 39.3 Å². The number of aryl methyl sites for hydroxylation is 3. The van der Waals surface area contributed by atoms with E-state index < -0.39 is 22.5 Å². The second-order valence-electron chi connectivity index (χ2n) is 11.6. The molecule has 5 heterocycles. The van der Waals surface area contributed by atoms with Gasteiger partial charge in [0.25, 0.3) is 5.56 Å². The minimum Gasteiger partial charge on any atom is -0.423 e. The van der Waals surface area contributed by atoms with Crippen LogP contribution in [-0.4, -0.2) is 39.1 Å². The van der Waals surface area contributed by atoms with E-state index >= 15 is 0 Å². The van der Waals surface area contributed by atoms with E-state index in [-0.39, 0.29) is 26.2 Å². The van der Waals surface area contributed by atoms with Crippen LogP contribution in [-0.2, 0) is 26.2 Å². The van der Waals surface area contributed by atoms with E-state index in [0.717, 1.165) is 32.0 Å². The minimum absolute atomic E-state index is 0.0670. The van der Waals surface area contributed by atoms with Crippen LogP contribution < -0.4 is 22.5 Å². The Labute approximate surface area is 264 Å². The molecule has 0 saturated heterocycles. The third-order valence-corrected chi connectivity index (χ3v) is 7.93. The van der Waals surface area contributed by atoms with Crippen molar-refractivity contribution < 1.29 is 8.83 Å². The fraction of sp³-hybridized carbons (Fsp3) is 0.212. The third-order valence-electron chi connectivity index (χ3n) is 7.93. The lowest BCUT2D eigenvalue weighted by Gasteiger charge is -2.11. The van der Waals surface area contributed by atoms with E-state index in [0.29, 0.717) is 33.8 Å². The first-order chi connectivity index (χ1) is 22.6. The van der Waals surface area contributed by atoms with Gasteiger partial charge in [-0.2, -0.15) is 0 Å². The SMILES string of the molecule is Cc1ccc2oc(=O)cc(Cn3cc(Cn4c(C)cc(=O)n(Cc5cn(Cc6cc(=O)oc7ccc(C)cc67)nn5)c4=O)nn3)c2c1. The highest BCUT2D eigenvalue weighted by Crippen LogP contribution is 2.21. The van der Waals surface area contributed by atoms with Gasteiger partial charge in [-0.05, 0) is 56.2 Å². The van der Waals surface area contributed by atoms with E-state index in [1.165, 1.54) is 22.8 Å². The van der Waals surface area contributed by atoms with Gasteiger partial charge in [0.2, 0.25) is 0 Å². The quantitative estimate of drug-likeness (QED) is 0.227. The van der Waals surface area contributed by atoms with Crippen molar-refractivity contribution >= 4 is 21.9 Å². The third kappa shape index (κ3) is 5.95. The van der Waals surface area contributed by atoms with Gasteiger partial charge in [0.05, 0.1) is 38.6 Å². The summed E-state index contributed by atoms with van der Waals surface area (Å²) < 4.78 is 16.3. The maximum absolute atomic E-state index is 13.6. The average molecular weight is 633 g/mol. The molecular formula is C33H28N8O6. The summed E-state index contributed by atoms with van der Waals surface area (Å²) in [6.07, 6.45) is 3.33. The highest BCUT2D eigenvalue weighted by atomic mass is 16.4. The molecule has 0 aliphatic heterocycles. The molecule has 47 heavy (non-hydrogen) atoms. The summed E-state index contributed by atoms with van der Waals surface area (Å²) in [5, 5.41) is 18.4. The van der Waals surface area contributed by atoms with Gasteiger partial charge in [0.1, 0.15) is 22.6 Å². The molecule has 5 aromatic heterocycles. The van der Waals surface area contributed by atoms with Crippen LogP contribution in [0.25, 0.3) is 21.9 Å². The molecule has 0 unspecified atom stereocenters. The standard InChI is InChI=1S/C33H28N8O6/c1-19-4-6-28-26(8-19)22(11-31(43)46-28)13-38-15-24(34-36-38)17-40-21(3)10-30(42)41(33(40)45)18-25-16-39(37-35-25)14-23-12-32(44)47-29-7-5-20(2)9-27(23)29/h4-12,15-16H,13-14,17-18H2,1-3H3. The Hall–Kier alpha value is -6.18. The van der Waals surface area contributed by atoms with Gasteiger partial charge in [-0.15, -0.1) is 10.2 Å². The smallest absolute Gasteiger partial charge is 0.336 e. The highest BCUT2D eigenvalue weighted by molar-refractivity contribution is 5.81. The largest absolute Gasteiger partial charge is 0.423 e. The van der Waals surface area contributed by atoms with E-state index in [4.69, 9.17) is 8.83 Å². The molecule has 0 spiro atoms. The lowest BCUT2D eigenvalue weighted by molar-refractivity contribution is 0.555. The lowest BCUT2D eigenvalue weighted by atomic mass is 10.1. The Morgan fingerprint density at radius 2 is 1.09 bits per heavy atom. The van der Waals surface area contributed by atoms with Crippen LogP contribution >= 0.6 is 0 Å². The normalized spacial score (nSPS) is 11.6. The molecular weight excluding hydrogens is 604 g/mol. The molecule has 0 N–H and O–H groups in total. The van der Waals surface area contributed by atoms with Crippen molar-refractivity contribution in [2.75, 3.05) is 0 Å². The number of benzene rings is 2. The summed E-state index contributed by atoms with van der Waals surface area (Å²) in [5.41, 5.74) is 3.82. The number of nitrogens with zero attached hydrogens (tertiary/aromatic N) is 8. The van der Waals surface area contributed by atoms with Crippen molar-refractivity contribution in [3.63, 3.8) is 0 Å². The molecule has 0 aliphatic carbocycles. The van der Waals surface area contributed by atoms with E-state index in [9.17, 15) is 19.2 Å². The molecule has 0 atom stereocenters. The summed E-state index contributed by atoms with van der Waals surface area (Å²) in [4.78, 5) is 50.8. The van der Waals surface area contributed by atoms with Crippen molar-refractivity contribution in [3.05, 3.63) is 148 Å². The summed E-state index contributed by atoms with van der Waals surface area (Å²) in [6, 6.07) is 15.4. The number of rotatable bonds is 8. The zero-order valence-electron chi connectivity index (χ0n) is 25.7. The molecule has 0 radical (unpaired) electrons. The number of hydrogen-bond acceptors (Lipinski definition) is 10. The Morgan fingerprint density at radius 3 is 1.60 bits per heavy atom. The van der Waals surface area contributed by atoms with Gasteiger partial charge < -0.3 is 8.83 Å². The molecule has 0 amide bonds. The van der Waals surface area contributed by atoms with Crippen LogP contribution in [0.4, 0.5) is 0 Å². The van der Waals surface area contributed by atoms with Crippen LogP contribution in [0.3, 0.4) is 0 Å². The maximum atomic E-state index is 13.6. The molecule has 0 aliphatic rings. The molecule has 14 heteroatoms. The predicted octanol–water partition coefficient (Wildman–Crippen LogP) is 2.52. The Kier molecular flexibility index (Phi) is 7.31. The van der Waals surface area contributed by atoms with Crippen LogP contribution in [0.2, 0.25) is 0 Å². The van der Waals surface area contributed by atoms with Crippen molar-refractivity contribution in [1.82, 2.24) is 39.1 Å². The number of fused-ring (bicyclic) bond motifs is 2. The highest BCUT2D eigenvalue weighted by Gasteiger charge is 2.15. The second kappa shape index (κ2) is 11.6. The zero-order chi connectivity index (χ0) is 32.8. The summed E-state index contributed by atoms with van der Waals surface area (Å²) in [5.74, 6) is 0. The van der Waals surface area contributed by atoms with Gasteiger partial charge in [-0.3, -0.25) is 13.9 Å². The Morgan fingerprint density at radius 1 is 0.596 bits per heavy atom. The van der Waals surface area contributed by atoms with Crippen molar-refractivity contribution in [3.8, 4) is 0 Å². The lowest BCUT2D eigenvalue weighted by Crippen LogP contribution is -2.41. The van der Waals surface area contributed by atoms with Crippen molar-refractivity contribution in [2.24, 2.45) is 0 Å². The first-order valence-electron chi connectivity index (χ1n) is 14.8. The van der Waals surface area contributed by atoms with E-state index in [1.54, 1.807) is 40.8 Å². The molecule has 0 bridgehead atoms. The van der Waals surface area contributed by atoms with Crippen LogP contribution in [0.15, 0.2) is 95.0 Å². The summed E-state index contributed by atoms with van der Waals surface area (Å²) >= 11 is 0. The Balaban J connectivity index is 1.12. The fourth-order valence-electron chi connectivity index (χ4n) is 5.66. The zero-order valence-corrected chi connectivity index (χ0v) is 25.7. The van der Waals surface area contributed by atoms with Gasteiger partial charge >= 0.3 is 16.9 Å². The van der Waals surface area contributed by atoms with E-state index in [2.05, 4.69) is 20.6 Å². The molecule has 0 fully saturated rings.